The Morgan fingerprint density at radius 1 is 0.286 bits per heavy atom. The van der Waals surface area contributed by atoms with Crippen LogP contribution in [0.3, 0.4) is 0 Å². The number of rotatable bonds is 6. The van der Waals surface area contributed by atoms with Crippen molar-refractivity contribution in [1.82, 2.24) is 15.0 Å². The van der Waals surface area contributed by atoms with E-state index in [9.17, 15) is 0 Å². The maximum Gasteiger partial charge on any atom is 0.164 e. The summed E-state index contributed by atoms with van der Waals surface area (Å²) in [6.45, 7) is 0. The Labute approximate surface area is 322 Å². The molecule has 11 aromatic rings. The van der Waals surface area contributed by atoms with Crippen LogP contribution in [0.1, 0.15) is 0 Å². The van der Waals surface area contributed by atoms with Crippen molar-refractivity contribution < 1.29 is 8.83 Å². The molecule has 8 aromatic carbocycles. The molecule has 0 atom stereocenters. The van der Waals surface area contributed by atoms with Gasteiger partial charge in [-0.25, -0.2) is 15.0 Å². The Hall–Kier alpha value is -7.63. The second-order valence-electron chi connectivity index (χ2n) is 13.9. The van der Waals surface area contributed by atoms with Crippen molar-refractivity contribution in [2.24, 2.45) is 0 Å². The molecule has 0 fully saturated rings. The van der Waals surface area contributed by atoms with E-state index in [0.29, 0.717) is 17.5 Å². The molecule has 0 aliphatic carbocycles. The molecule has 0 unspecified atom stereocenters. The summed E-state index contributed by atoms with van der Waals surface area (Å²) in [5.41, 5.74) is 12.5. The summed E-state index contributed by atoms with van der Waals surface area (Å²) in [5, 5.41) is 4.13. The standard InChI is InChI=1S/C51H31N3O2/c1-4-15-32(16-5-1)37-30-41(33-17-6-2-7-18-33)48-42(31-37)47-40(25-14-28-45(47)56-48)51-53-49(34-19-8-3-9-20-34)52-50(54-51)36-22-12-21-35(29-36)38-24-13-27-44-46(38)39-23-10-11-26-43(39)55-44/h1-31H. The second-order valence-corrected chi connectivity index (χ2v) is 13.9. The lowest BCUT2D eigenvalue weighted by molar-refractivity contribution is 0.669. The van der Waals surface area contributed by atoms with Gasteiger partial charge in [0.25, 0.3) is 0 Å². The van der Waals surface area contributed by atoms with Gasteiger partial charge in [0.2, 0.25) is 0 Å². The van der Waals surface area contributed by atoms with Gasteiger partial charge in [0.1, 0.15) is 22.3 Å². The van der Waals surface area contributed by atoms with Crippen molar-refractivity contribution in [1.29, 1.82) is 0 Å². The van der Waals surface area contributed by atoms with E-state index in [2.05, 4.69) is 109 Å². The van der Waals surface area contributed by atoms with E-state index in [1.54, 1.807) is 0 Å². The van der Waals surface area contributed by atoms with Crippen molar-refractivity contribution in [2.45, 2.75) is 0 Å². The lowest BCUT2D eigenvalue weighted by Gasteiger charge is -2.11. The first-order valence-electron chi connectivity index (χ1n) is 18.7. The van der Waals surface area contributed by atoms with Gasteiger partial charge in [-0.3, -0.25) is 0 Å². The summed E-state index contributed by atoms with van der Waals surface area (Å²) in [6, 6.07) is 64.4. The van der Waals surface area contributed by atoms with Gasteiger partial charge in [0, 0.05) is 43.8 Å². The third-order valence-corrected chi connectivity index (χ3v) is 10.5. The SMILES string of the molecule is c1ccc(-c2cc(-c3ccccc3)c3oc4cccc(-c5nc(-c6ccccc6)nc(-c6cccc(-c7cccc8oc9ccccc9c78)c6)n5)c4c3c2)cc1. The van der Waals surface area contributed by atoms with E-state index in [0.717, 1.165) is 93.9 Å². The molecule has 5 heteroatoms. The number of nitrogens with zero attached hydrogens (tertiary/aromatic N) is 3. The molecule has 0 spiro atoms. The second kappa shape index (κ2) is 13.0. The van der Waals surface area contributed by atoms with Gasteiger partial charge in [-0.2, -0.15) is 0 Å². The number of hydrogen-bond donors (Lipinski definition) is 0. The lowest BCUT2D eigenvalue weighted by Crippen LogP contribution is -2.00. The average Bonchev–Trinajstić information content (AvgIpc) is 3.86. The maximum absolute atomic E-state index is 6.77. The Balaban J connectivity index is 1.14. The number of aromatic nitrogens is 3. The van der Waals surface area contributed by atoms with Crippen LogP contribution in [0, 0.1) is 0 Å². The van der Waals surface area contributed by atoms with Crippen molar-refractivity contribution in [3.05, 3.63) is 188 Å². The van der Waals surface area contributed by atoms with Crippen molar-refractivity contribution in [3.8, 4) is 67.5 Å². The summed E-state index contributed by atoms with van der Waals surface area (Å²) in [7, 11) is 0. The fourth-order valence-electron chi connectivity index (χ4n) is 7.93. The molecule has 3 heterocycles. The summed E-state index contributed by atoms with van der Waals surface area (Å²) < 4.78 is 13.0. The molecule has 262 valence electrons. The van der Waals surface area contributed by atoms with Gasteiger partial charge in [0.15, 0.2) is 17.5 Å². The van der Waals surface area contributed by atoms with Crippen LogP contribution >= 0.6 is 0 Å². The molecule has 3 aromatic heterocycles. The highest BCUT2D eigenvalue weighted by molar-refractivity contribution is 6.16. The van der Waals surface area contributed by atoms with Crippen LogP contribution in [-0.2, 0) is 0 Å². The van der Waals surface area contributed by atoms with Crippen molar-refractivity contribution >= 4 is 43.9 Å². The van der Waals surface area contributed by atoms with E-state index in [-0.39, 0.29) is 0 Å². The summed E-state index contributed by atoms with van der Waals surface area (Å²) >= 11 is 0. The van der Waals surface area contributed by atoms with Gasteiger partial charge in [-0.1, -0.05) is 152 Å². The number of para-hydroxylation sites is 1. The highest BCUT2D eigenvalue weighted by atomic mass is 16.3. The Morgan fingerprint density at radius 3 is 1.59 bits per heavy atom. The fraction of sp³-hybridized carbons (Fsp3) is 0. The van der Waals surface area contributed by atoms with E-state index in [1.807, 2.05) is 78.9 Å². The lowest BCUT2D eigenvalue weighted by atomic mass is 9.95. The van der Waals surface area contributed by atoms with E-state index in [4.69, 9.17) is 23.8 Å². The van der Waals surface area contributed by atoms with Crippen LogP contribution in [0.2, 0.25) is 0 Å². The molecule has 0 radical (unpaired) electrons. The molecule has 0 aliphatic rings. The first kappa shape index (κ1) is 31.9. The first-order chi connectivity index (χ1) is 27.7. The minimum atomic E-state index is 0.571. The van der Waals surface area contributed by atoms with E-state index >= 15 is 0 Å². The van der Waals surface area contributed by atoms with Crippen LogP contribution in [0.25, 0.3) is 111 Å². The minimum Gasteiger partial charge on any atom is -0.456 e. The smallest absolute Gasteiger partial charge is 0.164 e. The number of furan rings is 2. The average molecular weight is 718 g/mol. The Kier molecular flexibility index (Phi) is 7.42. The zero-order chi connectivity index (χ0) is 37.0. The van der Waals surface area contributed by atoms with Gasteiger partial charge in [0.05, 0.1) is 0 Å². The van der Waals surface area contributed by atoms with Gasteiger partial charge < -0.3 is 8.83 Å². The Morgan fingerprint density at radius 2 is 0.821 bits per heavy atom. The first-order valence-corrected chi connectivity index (χ1v) is 18.7. The van der Waals surface area contributed by atoms with Crippen molar-refractivity contribution in [3.63, 3.8) is 0 Å². The summed E-state index contributed by atoms with van der Waals surface area (Å²) in [6.07, 6.45) is 0. The molecule has 5 nitrogen and oxygen atoms in total. The summed E-state index contributed by atoms with van der Waals surface area (Å²) in [5.74, 6) is 1.75. The molecule has 0 saturated carbocycles. The molecule has 0 saturated heterocycles. The quantitative estimate of drug-likeness (QED) is 0.171. The van der Waals surface area contributed by atoms with Gasteiger partial charge >= 0.3 is 0 Å². The largest absolute Gasteiger partial charge is 0.456 e. The molecule has 0 bridgehead atoms. The minimum absolute atomic E-state index is 0.571. The molecule has 56 heavy (non-hydrogen) atoms. The zero-order valence-electron chi connectivity index (χ0n) is 30.1. The molecule has 0 amide bonds. The fourth-order valence-corrected chi connectivity index (χ4v) is 7.93. The molecule has 0 aliphatic heterocycles. The number of hydrogen-bond acceptors (Lipinski definition) is 5. The van der Waals surface area contributed by atoms with Crippen LogP contribution < -0.4 is 0 Å². The predicted octanol–water partition coefficient (Wildman–Crippen LogP) is 13.7. The molecular formula is C51H31N3O2. The van der Waals surface area contributed by atoms with E-state index < -0.39 is 0 Å². The Bertz CT molecular complexity index is 3240. The van der Waals surface area contributed by atoms with Crippen LogP contribution in [0.4, 0.5) is 0 Å². The van der Waals surface area contributed by atoms with Crippen LogP contribution in [-0.4, -0.2) is 15.0 Å². The number of fused-ring (bicyclic) bond motifs is 6. The monoisotopic (exact) mass is 717 g/mol. The van der Waals surface area contributed by atoms with Gasteiger partial charge in [-0.05, 0) is 64.2 Å². The summed E-state index contributed by atoms with van der Waals surface area (Å²) in [4.78, 5) is 15.5. The topological polar surface area (TPSA) is 65.0 Å². The highest BCUT2D eigenvalue weighted by Crippen LogP contribution is 2.43. The third-order valence-electron chi connectivity index (χ3n) is 10.5. The molecular weight excluding hydrogens is 687 g/mol. The zero-order valence-corrected chi connectivity index (χ0v) is 30.1. The predicted molar refractivity (Wildman–Crippen MR) is 227 cm³/mol. The van der Waals surface area contributed by atoms with Crippen molar-refractivity contribution in [2.75, 3.05) is 0 Å². The number of benzene rings is 8. The maximum atomic E-state index is 6.77. The third kappa shape index (κ3) is 5.37. The van der Waals surface area contributed by atoms with E-state index in [1.165, 1.54) is 0 Å². The molecule has 0 N–H and O–H groups in total. The van der Waals surface area contributed by atoms with Crippen LogP contribution in [0.15, 0.2) is 197 Å². The normalized spacial score (nSPS) is 11.6. The van der Waals surface area contributed by atoms with Crippen LogP contribution in [0.5, 0.6) is 0 Å². The van der Waals surface area contributed by atoms with Gasteiger partial charge in [-0.15, -0.1) is 0 Å². The highest BCUT2D eigenvalue weighted by Gasteiger charge is 2.21. The molecule has 11 rings (SSSR count).